The summed E-state index contributed by atoms with van der Waals surface area (Å²) in [6.07, 6.45) is 0.959. The third kappa shape index (κ3) is 6.54. The Hall–Kier alpha value is -1.59. The van der Waals surface area contributed by atoms with E-state index in [1.807, 2.05) is 6.07 Å². The van der Waals surface area contributed by atoms with Crippen molar-refractivity contribution in [2.75, 3.05) is 34.4 Å². The predicted molar refractivity (Wildman–Crippen MR) is 81.8 cm³/mol. The molecule has 1 rings (SSSR count). The molecule has 0 bridgehead atoms. The van der Waals surface area contributed by atoms with Gasteiger partial charge in [0.15, 0.2) is 5.96 Å². The molecule has 5 heteroatoms. The Morgan fingerprint density at radius 2 is 1.95 bits per heavy atom. The van der Waals surface area contributed by atoms with Gasteiger partial charge in [0.05, 0.1) is 6.61 Å². The number of ether oxygens (including phenoxy) is 2. The molecule has 0 aliphatic heterocycles. The van der Waals surface area contributed by atoms with Crippen LogP contribution in [0.5, 0.6) is 0 Å². The van der Waals surface area contributed by atoms with E-state index in [4.69, 9.17) is 9.47 Å². The van der Waals surface area contributed by atoms with Crippen molar-refractivity contribution in [2.45, 2.75) is 19.6 Å². The molecule has 5 nitrogen and oxygen atoms in total. The first-order chi connectivity index (χ1) is 9.80. The highest BCUT2D eigenvalue weighted by molar-refractivity contribution is 5.79. The van der Waals surface area contributed by atoms with E-state index in [0.717, 1.165) is 32.1 Å². The van der Waals surface area contributed by atoms with Crippen molar-refractivity contribution in [1.29, 1.82) is 0 Å². The minimum atomic E-state index is 0.637. The normalized spacial score (nSPS) is 11.4. The molecule has 0 unspecified atom stereocenters. The molecule has 2 N–H and O–H groups in total. The third-order valence-electron chi connectivity index (χ3n) is 2.80. The molecule has 0 heterocycles. The molecule has 0 atom stereocenters. The van der Waals surface area contributed by atoms with Crippen LogP contribution in [0.4, 0.5) is 0 Å². The Morgan fingerprint density at radius 1 is 1.15 bits per heavy atom. The Bertz CT molecular complexity index is 408. The maximum absolute atomic E-state index is 5.14. The van der Waals surface area contributed by atoms with Gasteiger partial charge in [-0.25, -0.2) is 0 Å². The minimum absolute atomic E-state index is 0.637. The molecule has 1 aromatic carbocycles. The fraction of sp³-hybridized carbons (Fsp3) is 0.533. The van der Waals surface area contributed by atoms with Crippen molar-refractivity contribution in [3.8, 4) is 0 Å². The van der Waals surface area contributed by atoms with Crippen molar-refractivity contribution >= 4 is 5.96 Å². The molecule has 1 aromatic rings. The summed E-state index contributed by atoms with van der Waals surface area (Å²) in [5.74, 6) is 0.804. The van der Waals surface area contributed by atoms with Crippen LogP contribution in [0.1, 0.15) is 17.5 Å². The van der Waals surface area contributed by atoms with E-state index in [-0.39, 0.29) is 0 Å². The van der Waals surface area contributed by atoms with Crippen LogP contribution in [-0.2, 0) is 22.6 Å². The number of nitrogens with one attached hydrogen (secondary N) is 2. The van der Waals surface area contributed by atoms with E-state index < -0.39 is 0 Å². The maximum Gasteiger partial charge on any atom is 0.191 e. The third-order valence-corrected chi connectivity index (χ3v) is 2.80. The van der Waals surface area contributed by atoms with E-state index in [2.05, 4.69) is 33.8 Å². The number of hydrogen-bond donors (Lipinski definition) is 2. The SMILES string of the molecule is CN=C(NCCCOC)NCc1cccc(COC)c1. The number of guanidine groups is 1. The molecule has 0 radical (unpaired) electrons. The van der Waals surface area contributed by atoms with E-state index in [9.17, 15) is 0 Å². The Balaban J connectivity index is 2.38. The summed E-state index contributed by atoms with van der Waals surface area (Å²) in [5, 5.41) is 6.54. The number of hydrogen-bond acceptors (Lipinski definition) is 3. The second kappa shape index (κ2) is 10.2. The zero-order valence-electron chi connectivity index (χ0n) is 12.6. The van der Waals surface area contributed by atoms with E-state index in [1.54, 1.807) is 21.3 Å². The lowest BCUT2D eigenvalue weighted by Gasteiger charge is -2.12. The highest BCUT2D eigenvalue weighted by Gasteiger charge is 1.99. The van der Waals surface area contributed by atoms with Gasteiger partial charge in [-0.1, -0.05) is 24.3 Å². The maximum atomic E-state index is 5.14. The van der Waals surface area contributed by atoms with Gasteiger partial charge < -0.3 is 20.1 Å². The molecule has 0 aliphatic rings. The summed E-state index contributed by atoms with van der Waals surface area (Å²) >= 11 is 0. The lowest BCUT2D eigenvalue weighted by atomic mass is 10.1. The molecule has 0 fully saturated rings. The van der Waals surface area contributed by atoms with Crippen molar-refractivity contribution in [3.63, 3.8) is 0 Å². The van der Waals surface area contributed by atoms with Gasteiger partial charge in [0.2, 0.25) is 0 Å². The summed E-state index contributed by atoms with van der Waals surface area (Å²) in [6.45, 7) is 2.97. The largest absolute Gasteiger partial charge is 0.385 e. The fourth-order valence-corrected chi connectivity index (χ4v) is 1.83. The molecule has 0 aromatic heterocycles. The van der Waals surface area contributed by atoms with Gasteiger partial charge in [-0.15, -0.1) is 0 Å². The standard InChI is InChI=1S/C15H25N3O2/c1-16-15(17-8-5-9-19-2)18-11-13-6-4-7-14(10-13)12-20-3/h4,6-7,10H,5,8-9,11-12H2,1-3H3,(H2,16,17,18). The van der Waals surface area contributed by atoms with E-state index >= 15 is 0 Å². The second-order valence-electron chi connectivity index (χ2n) is 4.45. The van der Waals surface area contributed by atoms with Crippen LogP contribution in [0, 0.1) is 0 Å². The van der Waals surface area contributed by atoms with E-state index in [1.165, 1.54) is 11.1 Å². The molecule has 0 saturated heterocycles. The number of methoxy groups -OCH3 is 2. The molecular formula is C15H25N3O2. The second-order valence-corrected chi connectivity index (χ2v) is 4.45. The summed E-state index contributed by atoms with van der Waals surface area (Å²) in [7, 11) is 5.18. The Kier molecular flexibility index (Phi) is 8.42. The Morgan fingerprint density at radius 3 is 2.65 bits per heavy atom. The molecular weight excluding hydrogens is 254 g/mol. The number of benzene rings is 1. The van der Waals surface area contributed by atoms with Crippen LogP contribution in [0.15, 0.2) is 29.3 Å². The van der Waals surface area contributed by atoms with Crippen LogP contribution in [0.2, 0.25) is 0 Å². The Labute approximate surface area is 121 Å². The molecule has 112 valence electrons. The van der Waals surface area contributed by atoms with Gasteiger partial charge >= 0.3 is 0 Å². The van der Waals surface area contributed by atoms with Gasteiger partial charge in [0.1, 0.15) is 0 Å². The lowest BCUT2D eigenvalue weighted by molar-refractivity contribution is 0.185. The summed E-state index contributed by atoms with van der Waals surface area (Å²) in [5.41, 5.74) is 2.38. The number of rotatable bonds is 8. The van der Waals surface area contributed by atoms with Crippen molar-refractivity contribution in [1.82, 2.24) is 10.6 Å². The quantitative estimate of drug-likeness (QED) is 0.430. The summed E-state index contributed by atoms with van der Waals surface area (Å²) in [4.78, 5) is 4.19. The highest BCUT2D eigenvalue weighted by Crippen LogP contribution is 2.06. The zero-order valence-corrected chi connectivity index (χ0v) is 12.6. The van der Waals surface area contributed by atoms with Crippen molar-refractivity contribution in [3.05, 3.63) is 35.4 Å². The molecule has 0 spiro atoms. The number of aliphatic imine (C=N–C) groups is 1. The van der Waals surface area contributed by atoms with Crippen LogP contribution < -0.4 is 10.6 Å². The van der Waals surface area contributed by atoms with Gasteiger partial charge in [-0.05, 0) is 17.5 Å². The average molecular weight is 279 g/mol. The topological polar surface area (TPSA) is 54.9 Å². The summed E-state index contributed by atoms with van der Waals surface area (Å²) < 4.78 is 10.1. The highest BCUT2D eigenvalue weighted by atomic mass is 16.5. The first kappa shape index (κ1) is 16.5. The average Bonchev–Trinajstić information content (AvgIpc) is 2.47. The summed E-state index contributed by atoms with van der Waals surface area (Å²) in [6, 6.07) is 8.32. The number of nitrogens with zero attached hydrogens (tertiary/aromatic N) is 1. The predicted octanol–water partition coefficient (Wildman–Crippen LogP) is 1.53. The monoisotopic (exact) mass is 279 g/mol. The zero-order chi connectivity index (χ0) is 14.6. The van der Waals surface area contributed by atoms with Crippen molar-refractivity contribution < 1.29 is 9.47 Å². The van der Waals surface area contributed by atoms with Crippen LogP contribution in [0.25, 0.3) is 0 Å². The van der Waals surface area contributed by atoms with E-state index in [0.29, 0.717) is 6.61 Å². The van der Waals surface area contributed by atoms with Gasteiger partial charge in [-0.2, -0.15) is 0 Å². The smallest absolute Gasteiger partial charge is 0.191 e. The van der Waals surface area contributed by atoms with Crippen molar-refractivity contribution in [2.24, 2.45) is 4.99 Å². The minimum Gasteiger partial charge on any atom is -0.385 e. The molecule has 0 aliphatic carbocycles. The molecule has 0 saturated carbocycles. The fourth-order valence-electron chi connectivity index (χ4n) is 1.83. The first-order valence-corrected chi connectivity index (χ1v) is 6.80. The van der Waals surface area contributed by atoms with Crippen LogP contribution >= 0.6 is 0 Å². The van der Waals surface area contributed by atoms with Crippen LogP contribution in [-0.4, -0.2) is 40.4 Å². The van der Waals surface area contributed by atoms with Gasteiger partial charge in [-0.3, -0.25) is 4.99 Å². The molecule has 0 amide bonds. The van der Waals surface area contributed by atoms with Gasteiger partial charge in [0.25, 0.3) is 0 Å². The van der Waals surface area contributed by atoms with Crippen LogP contribution in [0.3, 0.4) is 0 Å². The van der Waals surface area contributed by atoms with Gasteiger partial charge in [0, 0.05) is 41.0 Å². The first-order valence-electron chi connectivity index (χ1n) is 6.80. The lowest BCUT2D eigenvalue weighted by Crippen LogP contribution is -2.37. The molecule has 20 heavy (non-hydrogen) atoms.